The van der Waals surface area contributed by atoms with Gasteiger partial charge in [-0.05, 0) is 19.1 Å². The van der Waals surface area contributed by atoms with Crippen LogP contribution in [0.5, 0.6) is 5.75 Å². The summed E-state index contributed by atoms with van der Waals surface area (Å²) in [5.41, 5.74) is 1.20. The number of hydrogen-bond acceptors (Lipinski definition) is 5. The normalized spacial score (nSPS) is 17.8. The van der Waals surface area contributed by atoms with E-state index in [2.05, 4.69) is 21.9 Å². The molecule has 1 aliphatic heterocycles. The fourth-order valence-electron chi connectivity index (χ4n) is 2.60. The maximum atomic E-state index is 9.89. The molecule has 1 N–H and O–H groups in total. The number of benzene rings is 1. The molecule has 5 heteroatoms. The molecule has 0 amide bonds. The van der Waals surface area contributed by atoms with Crippen LogP contribution < -0.4 is 9.64 Å². The second kappa shape index (κ2) is 8.22. The van der Waals surface area contributed by atoms with Crippen molar-refractivity contribution in [2.24, 2.45) is 0 Å². The number of β-amino-alcohol motifs (C(OH)–C–C–N with tert-alkyl or cyclic N) is 1. The molecular formula is C16H26N2O3. The van der Waals surface area contributed by atoms with Gasteiger partial charge < -0.3 is 19.5 Å². The Labute approximate surface area is 127 Å². The summed E-state index contributed by atoms with van der Waals surface area (Å²) in [6, 6.07) is 8.16. The highest BCUT2D eigenvalue weighted by Crippen LogP contribution is 2.22. The Bertz CT molecular complexity index is 420. The number of nitrogens with zero attached hydrogens (tertiary/aromatic N) is 2. The summed E-state index contributed by atoms with van der Waals surface area (Å²) >= 11 is 0. The Balaban J connectivity index is 1.79. The van der Waals surface area contributed by atoms with E-state index in [9.17, 15) is 5.11 Å². The van der Waals surface area contributed by atoms with Crippen LogP contribution in [0.25, 0.3) is 0 Å². The summed E-state index contributed by atoms with van der Waals surface area (Å²) in [5.74, 6) is 0.891. The van der Waals surface area contributed by atoms with Crippen LogP contribution in [0.4, 0.5) is 5.69 Å². The minimum absolute atomic E-state index is 0.395. The Kier molecular flexibility index (Phi) is 6.29. The van der Waals surface area contributed by atoms with Crippen molar-refractivity contribution in [2.75, 3.05) is 57.9 Å². The van der Waals surface area contributed by atoms with E-state index in [0.29, 0.717) is 19.8 Å². The maximum absolute atomic E-state index is 9.89. The van der Waals surface area contributed by atoms with Crippen molar-refractivity contribution in [3.05, 3.63) is 24.3 Å². The number of methoxy groups -OCH3 is 1. The molecule has 1 aromatic rings. The molecule has 1 unspecified atom stereocenters. The number of hydrogen-bond donors (Lipinski definition) is 1. The van der Waals surface area contributed by atoms with Crippen LogP contribution >= 0.6 is 0 Å². The highest BCUT2D eigenvalue weighted by molar-refractivity contribution is 5.51. The second-order valence-electron chi connectivity index (χ2n) is 5.30. The molecule has 0 aromatic heterocycles. The Hall–Kier alpha value is -1.30. The zero-order valence-corrected chi connectivity index (χ0v) is 13.0. The molecule has 0 aliphatic carbocycles. The summed E-state index contributed by atoms with van der Waals surface area (Å²) in [6.45, 7) is 7.56. The van der Waals surface area contributed by atoms with Crippen LogP contribution in [-0.4, -0.2) is 69.2 Å². The van der Waals surface area contributed by atoms with Gasteiger partial charge >= 0.3 is 0 Å². The predicted molar refractivity (Wildman–Crippen MR) is 84.1 cm³/mol. The van der Waals surface area contributed by atoms with Gasteiger partial charge in [-0.25, -0.2) is 0 Å². The van der Waals surface area contributed by atoms with Crippen molar-refractivity contribution < 1.29 is 14.6 Å². The lowest BCUT2D eigenvalue weighted by Crippen LogP contribution is -2.49. The molecule has 0 saturated carbocycles. The summed E-state index contributed by atoms with van der Waals surface area (Å²) < 4.78 is 10.5. The van der Waals surface area contributed by atoms with E-state index in [0.717, 1.165) is 31.9 Å². The summed E-state index contributed by atoms with van der Waals surface area (Å²) in [6.07, 6.45) is -0.395. The van der Waals surface area contributed by atoms with Gasteiger partial charge in [-0.2, -0.15) is 0 Å². The molecule has 0 spiro atoms. The smallest absolute Gasteiger partial charge is 0.120 e. The minimum Gasteiger partial charge on any atom is -0.497 e. The first-order valence-corrected chi connectivity index (χ1v) is 7.60. The molecule has 1 atom stereocenters. The van der Waals surface area contributed by atoms with Crippen molar-refractivity contribution in [2.45, 2.75) is 13.0 Å². The molecule has 1 aliphatic rings. The Morgan fingerprint density at radius 1 is 1.24 bits per heavy atom. The molecule has 1 heterocycles. The molecule has 21 heavy (non-hydrogen) atoms. The number of ether oxygens (including phenoxy) is 2. The van der Waals surface area contributed by atoms with Crippen LogP contribution in [0.2, 0.25) is 0 Å². The lowest BCUT2D eigenvalue weighted by Gasteiger charge is -2.37. The molecule has 1 fully saturated rings. The van der Waals surface area contributed by atoms with E-state index in [1.165, 1.54) is 5.69 Å². The fourth-order valence-corrected chi connectivity index (χ4v) is 2.60. The van der Waals surface area contributed by atoms with Gasteiger partial charge in [-0.3, -0.25) is 4.90 Å². The predicted octanol–water partition coefficient (Wildman–Crippen LogP) is 1.21. The van der Waals surface area contributed by atoms with Gasteiger partial charge in [0, 0.05) is 51.1 Å². The first-order chi connectivity index (χ1) is 10.2. The summed E-state index contributed by atoms with van der Waals surface area (Å²) in [5, 5.41) is 9.89. The number of piperazine rings is 1. The summed E-state index contributed by atoms with van der Waals surface area (Å²) in [7, 11) is 1.69. The van der Waals surface area contributed by atoms with Gasteiger partial charge in [0.1, 0.15) is 5.75 Å². The lowest BCUT2D eigenvalue weighted by molar-refractivity contribution is 0.0202. The minimum atomic E-state index is -0.395. The zero-order valence-electron chi connectivity index (χ0n) is 13.0. The second-order valence-corrected chi connectivity index (χ2v) is 5.30. The third-order valence-electron chi connectivity index (χ3n) is 3.77. The van der Waals surface area contributed by atoms with E-state index in [1.54, 1.807) is 7.11 Å². The number of aliphatic hydroxyl groups is 1. The largest absolute Gasteiger partial charge is 0.497 e. The maximum Gasteiger partial charge on any atom is 0.120 e. The molecule has 0 bridgehead atoms. The Morgan fingerprint density at radius 3 is 2.67 bits per heavy atom. The van der Waals surface area contributed by atoms with Gasteiger partial charge in [0.2, 0.25) is 0 Å². The zero-order chi connectivity index (χ0) is 15.1. The monoisotopic (exact) mass is 294 g/mol. The van der Waals surface area contributed by atoms with Crippen LogP contribution in [0.1, 0.15) is 6.92 Å². The number of aliphatic hydroxyl groups excluding tert-OH is 1. The van der Waals surface area contributed by atoms with Crippen molar-refractivity contribution in [3.8, 4) is 5.75 Å². The average molecular weight is 294 g/mol. The number of anilines is 1. The first-order valence-electron chi connectivity index (χ1n) is 7.60. The van der Waals surface area contributed by atoms with E-state index < -0.39 is 6.10 Å². The highest BCUT2D eigenvalue weighted by atomic mass is 16.5. The highest BCUT2D eigenvalue weighted by Gasteiger charge is 2.19. The van der Waals surface area contributed by atoms with Crippen molar-refractivity contribution in [3.63, 3.8) is 0 Å². The van der Waals surface area contributed by atoms with E-state index in [-0.39, 0.29) is 0 Å². The standard InChI is InChI=1S/C16H26N2O3/c1-3-21-13-15(19)12-17-7-9-18(10-8-17)14-5-4-6-16(11-14)20-2/h4-6,11,15,19H,3,7-10,12-13H2,1-2H3. The van der Waals surface area contributed by atoms with Crippen molar-refractivity contribution in [1.29, 1.82) is 0 Å². The molecule has 118 valence electrons. The van der Waals surface area contributed by atoms with Crippen molar-refractivity contribution in [1.82, 2.24) is 4.90 Å². The van der Waals surface area contributed by atoms with Crippen molar-refractivity contribution >= 4 is 5.69 Å². The fraction of sp³-hybridized carbons (Fsp3) is 0.625. The van der Waals surface area contributed by atoms with Crippen LogP contribution in [-0.2, 0) is 4.74 Å². The third kappa shape index (κ3) is 4.88. The van der Waals surface area contributed by atoms with E-state index in [1.807, 2.05) is 19.1 Å². The molecular weight excluding hydrogens is 268 g/mol. The number of rotatable bonds is 7. The molecule has 1 saturated heterocycles. The topological polar surface area (TPSA) is 45.2 Å². The van der Waals surface area contributed by atoms with Gasteiger partial charge in [0.05, 0.1) is 19.8 Å². The molecule has 5 nitrogen and oxygen atoms in total. The van der Waals surface area contributed by atoms with Crippen LogP contribution in [0.3, 0.4) is 0 Å². The molecule has 2 rings (SSSR count). The third-order valence-corrected chi connectivity index (χ3v) is 3.77. The van der Waals surface area contributed by atoms with Gasteiger partial charge in [-0.15, -0.1) is 0 Å². The SMILES string of the molecule is CCOCC(O)CN1CCN(c2cccc(OC)c2)CC1. The molecule has 0 radical (unpaired) electrons. The van der Waals surface area contributed by atoms with E-state index in [4.69, 9.17) is 9.47 Å². The van der Waals surface area contributed by atoms with Crippen LogP contribution in [0, 0.1) is 0 Å². The van der Waals surface area contributed by atoms with Crippen LogP contribution in [0.15, 0.2) is 24.3 Å². The lowest BCUT2D eigenvalue weighted by atomic mass is 10.2. The van der Waals surface area contributed by atoms with Gasteiger partial charge in [0.15, 0.2) is 0 Å². The first kappa shape index (κ1) is 16.1. The van der Waals surface area contributed by atoms with Gasteiger partial charge in [-0.1, -0.05) is 6.07 Å². The summed E-state index contributed by atoms with van der Waals surface area (Å²) in [4.78, 5) is 4.65. The van der Waals surface area contributed by atoms with Gasteiger partial charge in [0.25, 0.3) is 0 Å². The quantitative estimate of drug-likeness (QED) is 0.819. The van der Waals surface area contributed by atoms with E-state index >= 15 is 0 Å². The Morgan fingerprint density at radius 2 is 2.00 bits per heavy atom. The average Bonchev–Trinajstić information content (AvgIpc) is 2.53. The molecule has 1 aromatic carbocycles.